The Morgan fingerprint density at radius 3 is 2.16 bits per heavy atom. The largest absolute Gasteiger partial charge is 0.493 e. The maximum absolute atomic E-state index is 12.1. The van der Waals surface area contributed by atoms with Crippen LogP contribution in [0.2, 0.25) is 10.0 Å². The van der Waals surface area contributed by atoms with Gasteiger partial charge in [-0.05, 0) is 30.3 Å². The summed E-state index contributed by atoms with van der Waals surface area (Å²) in [5, 5.41) is 6.27. The predicted octanol–water partition coefficient (Wildman–Crippen LogP) is 4.34. The van der Waals surface area contributed by atoms with Gasteiger partial charge in [-0.15, -0.1) is 0 Å². The highest BCUT2D eigenvalue weighted by Gasteiger charge is 2.16. The number of carbonyl (C=O) groups excluding carboxylic acids is 1. The van der Waals surface area contributed by atoms with E-state index in [9.17, 15) is 4.79 Å². The van der Waals surface area contributed by atoms with Gasteiger partial charge in [0.2, 0.25) is 5.75 Å². The van der Waals surface area contributed by atoms with Crippen LogP contribution in [0.1, 0.15) is 5.56 Å². The molecular formula is C17H18Cl2N2O4. The summed E-state index contributed by atoms with van der Waals surface area (Å²) in [6, 6.07) is 7.91. The van der Waals surface area contributed by atoms with Crippen LogP contribution in [0, 0.1) is 0 Å². The average molecular weight is 385 g/mol. The molecule has 6 nitrogen and oxygen atoms in total. The fourth-order valence-electron chi connectivity index (χ4n) is 2.28. The number of halogens is 2. The Labute approximate surface area is 156 Å². The molecule has 0 spiro atoms. The molecule has 2 rings (SSSR count). The maximum Gasteiger partial charge on any atom is 0.319 e. The van der Waals surface area contributed by atoms with Crippen molar-refractivity contribution in [1.82, 2.24) is 5.32 Å². The number of carbonyl (C=O) groups is 1. The van der Waals surface area contributed by atoms with Gasteiger partial charge in [-0.2, -0.15) is 0 Å². The first kappa shape index (κ1) is 19.0. The lowest BCUT2D eigenvalue weighted by Crippen LogP contribution is -2.28. The van der Waals surface area contributed by atoms with Gasteiger partial charge in [0.05, 0.1) is 21.3 Å². The molecule has 0 unspecified atom stereocenters. The molecule has 2 N–H and O–H groups in total. The molecule has 0 aromatic heterocycles. The van der Waals surface area contributed by atoms with E-state index in [1.54, 1.807) is 37.4 Å². The van der Waals surface area contributed by atoms with Crippen LogP contribution in [0.3, 0.4) is 0 Å². The number of urea groups is 1. The van der Waals surface area contributed by atoms with Crippen molar-refractivity contribution in [2.75, 3.05) is 26.6 Å². The molecule has 0 atom stereocenters. The SMILES string of the molecule is COc1ccc(CNC(=O)Nc2cc(Cl)cc(Cl)c2)c(OC)c1OC. The van der Waals surface area contributed by atoms with Crippen molar-refractivity contribution >= 4 is 34.9 Å². The highest BCUT2D eigenvalue weighted by molar-refractivity contribution is 6.35. The number of hydrogen-bond donors (Lipinski definition) is 2. The van der Waals surface area contributed by atoms with Gasteiger partial charge in [-0.25, -0.2) is 4.79 Å². The van der Waals surface area contributed by atoms with E-state index in [-0.39, 0.29) is 6.54 Å². The third kappa shape index (κ3) is 4.84. The van der Waals surface area contributed by atoms with Crippen molar-refractivity contribution in [2.45, 2.75) is 6.54 Å². The Hall–Kier alpha value is -2.31. The minimum absolute atomic E-state index is 0.226. The molecule has 0 saturated heterocycles. The number of hydrogen-bond acceptors (Lipinski definition) is 4. The van der Waals surface area contributed by atoms with E-state index < -0.39 is 6.03 Å². The van der Waals surface area contributed by atoms with Crippen LogP contribution in [0.25, 0.3) is 0 Å². The number of ether oxygens (including phenoxy) is 3. The summed E-state index contributed by atoms with van der Waals surface area (Å²) in [7, 11) is 4.58. The number of methoxy groups -OCH3 is 3. The molecule has 0 saturated carbocycles. The molecule has 25 heavy (non-hydrogen) atoms. The van der Waals surface area contributed by atoms with Crippen LogP contribution in [-0.4, -0.2) is 27.4 Å². The summed E-state index contributed by atoms with van der Waals surface area (Å²) in [5.41, 5.74) is 1.23. The molecule has 0 fully saturated rings. The summed E-state index contributed by atoms with van der Waals surface area (Å²) in [4.78, 5) is 12.1. The number of benzene rings is 2. The molecule has 0 bridgehead atoms. The summed E-state index contributed by atoms with van der Waals surface area (Å²) < 4.78 is 15.9. The van der Waals surface area contributed by atoms with Crippen molar-refractivity contribution in [3.05, 3.63) is 45.9 Å². The molecule has 0 aliphatic heterocycles. The fraction of sp³-hybridized carbons (Fsp3) is 0.235. The second kappa shape index (κ2) is 8.69. The van der Waals surface area contributed by atoms with Gasteiger partial charge < -0.3 is 24.8 Å². The van der Waals surface area contributed by atoms with E-state index in [2.05, 4.69) is 10.6 Å². The Bertz CT molecular complexity index is 748. The lowest BCUT2D eigenvalue weighted by atomic mass is 10.1. The number of amides is 2. The number of nitrogens with one attached hydrogen (secondary N) is 2. The third-order valence-corrected chi connectivity index (χ3v) is 3.78. The first-order chi connectivity index (χ1) is 12.0. The molecule has 0 aliphatic rings. The van der Waals surface area contributed by atoms with Gasteiger partial charge in [0.15, 0.2) is 11.5 Å². The van der Waals surface area contributed by atoms with Crippen molar-refractivity contribution in [3.8, 4) is 17.2 Å². The van der Waals surface area contributed by atoms with Crippen molar-refractivity contribution in [2.24, 2.45) is 0 Å². The summed E-state index contributed by atoms with van der Waals surface area (Å²) in [6.45, 7) is 0.226. The molecule has 2 aromatic carbocycles. The normalized spacial score (nSPS) is 10.1. The second-order valence-electron chi connectivity index (χ2n) is 4.96. The highest BCUT2D eigenvalue weighted by Crippen LogP contribution is 2.39. The lowest BCUT2D eigenvalue weighted by molar-refractivity contribution is 0.251. The molecule has 0 aliphatic carbocycles. The predicted molar refractivity (Wildman–Crippen MR) is 98.4 cm³/mol. The van der Waals surface area contributed by atoms with Crippen molar-refractivity contribution in [3.63, 3.8) is 0 Å². The minimum atomic E-state index is -0.407. The van der Waals surface area contributed by atoms with Gasteiger partial charge in [0, 0.05) is 27.8 Å². The van der Waals surface area contributed by atoms with Crippen LogP contribution in [0.5, 0.6) is 17.2 Å². The lowest BCUT2D eigenvalue weighted by Gasteiger charge is -2.16. The van der Waals surface area contributed by atoms with Crippen LogP contribution in [0.4, 0.5) is 10.5 Å². The molecule has 2 amide bonds. The number of rotatable bonds is 6. The number of anilines is 1. The molecule has 0 radical (unpaired) electrons. The van der Waals surface area contributed by atoms with E-state index in [0.29, 0.717) is 33.0 Å². The molecule has 8 heteroatoms. The van der Waals surface area contributed by atoms with Gasteiger partial charge in [-0.1, -0.05) is 23.2 Å². The zero-order chi connectivity index (χ0) is 18.4. The first-order valence-corrected chi connectivity index (χ1v) is 8.02. The van der Waals surface area contributed by atoms with Crippen LogP contribution in [0.15, 0.2) is 30.3 Å². The average Bonchev–Trinajstić information content (AvgIpc) is 2.57. The zero-order valence-corrected chi connectivity index (χ0v) is 15.5. The standard InChI is InChI=1S/C17H18Cl2N2O4/c1-23-14-5-4-10(15(24-2)16(14)25-3)9-20-17(22)21-13-7-11(18)6-12(19)8-13/h4-8H,9H2,1-3H3,(H2,20,21,22). The van der Waals surface area contributed by atoms with E-state index >= 15 is 0 Å². The van der Waals surface area contributed by atoms with Crippen LogP contribution >= 0.6 is 23.2 Å². The van der Waals surface area contributed by atoms with Crippen LogP contribution < -0.4 is 24.8 Å². The van der Waals surface area contributed by atoms with Gasteiger partial charge in [0.25, 0.3) is 0 Å². The van der Waals surface area contributed by atoms with Crippen molar-refractivity contribution < 1.29 is 19.0 Å². The minimum Gasteiger partial charge on any atom is -0.493 e. The Morgan fingerprint density at radius 2 is 1.60 bits per heavy atom. The quantitative estimate of drug-likeness (QED) is 0.776. The molecule has 0 heterocycles. The van der Waals surface area contributed by atoms with Gasteiger partial charge >= 0.3 is 6.03 Å². The summed E-state index contributed by atoms with van der Waals surface area (Å²) in [5.74, 6) is 1.50. The highest BCUT2D eigenvalue weighted by atomic mass is 35.5. The van der Waals surface area contributed by atoms with E-state index in [1.165, 1.54) is 14.2 Å². The first-order valence-electron chi connectivity index (χ1n) is 7.27. The molecular weight excluding hydrogens is 367 g/mol. The third-order valence-electron chi connectivity index (χ3n) is 3.35. The van der Waals surface area contributed by atoms with Gasteiger partial charge in [0.1, 0.15) is 0 Å². The van der Waals surface area contributed by atoms with Gasteiger partial charge in [-0.3, -0.25) is 0 Å². The Morgan fingerprint density at radius 1 is 0.960 bits per heavy atom. The Balaban J connectivity index is 2.09. The van der Waals surface area contributed by atoms with Crippen molar-refractivity contribution in [1.29, 1.82) is 0 Å². The van der Waals surface area contributed by atoms with E-state index in [4.69, 9.17) is 37.4 Å². The zero-order valence-electron chi connectivity index (χ0n) is 14.0. The maximum atomic E-state index is 12.1. The monoisotopic (exact) mass is 384 g/mol. The Kier molecular flexibility index (Phi) is 6.61. The summed E-state index contributed by atoms with van der Waals surface area (Å²) >= 11 is 11.8. The summed E-state index contributed by atoms with van der Waals surface area (Å²) in [6.07, 6.45) is 0. The topological polar surface area (TPSA) is 68.8 Å². The smallest absolute Gasteiger partial charge is 0.319 e. The second-order valence-corrected chi connectivity index (χ2v) is 5.83. The molecule has 134 valence electrons. The van der Waals surface area contributed by atoms with Crippen LogP contribution in [-0.2, 0) is 6.54 Å². The van der Waals surface area contributed by atoms with E-state index in [0.717, 1.165) is 5.56 Å². The fourth-order valence-corrected chi connectivity index (χ4v) is 2.81. The van der Waals surface area contributed by atoms with E-state index in [1.807, 2.05) is 0 Å². The molecule has 2 aromatic rings.